The van der Waals surface area contributed by atoms with Crippen LogP contribution in [-0.2, 0) is 13.0 Å². The van der Waals surface area contributed by atoms with E-state index < -0.39 is 0 Å². The van der Waals surface area contributed by atoms with E-state index in [1.165, 1.54) is 35.2 Å². The molecule has 5 heteroatoms. The van der Waals surface area contributed by atoms with Crippen LogP contribution in [0.4, 0.5) is 5.69 Å². The van der Waals surface area contributed by atoms with Gasteiger partial charge in [0.1, 0.15) is 0 Å². The van der Waals surface area contributed by atoms with E-state index in [0.29, 0.717) is 6.04 Å². The van der Waals surface area contributed by atoms with E-state index in [2.05, 4.69) is 28.8 Å². The first-order valence-electron chi connectivity index (χ1n) is 7.74. The lowest BCUT2D eigenvalue weighted by molar-refractivity contribution is 0.567. The van der Waals surface area contributed by atoms with Crippen LogP contribution in [-0.4, -0.2) is 5.96 Å². The van der Waals surface area contributed by atoms with Crippen LogP contribution in [0.2, 0.25) is 5.02 Å². The Bertz CT molecular complexity index is 726. The Balaban J connectivity index is 0.00000156. The number of anilines is 1. The largest absolute Gasteiger partial charge is 0.352 e. The molecular weight excluding hydrogens is 329 g/mol. The van der Waals surface area contributed by atoms with Gasteiger partial charge in [-0.05, 0) is 48.6 Å². The normalized spacial score (nSPS) is 18.1. The summed E-state index contributed by atoms with van der Waals surface area (Å²) in [6.45, 7) is 0.741. The number of hydrogen-bond acceptors (Lipinski definition) is 3. The van der Waals surface area contributed by atoms with Crippen LogP contribution in [0.1, 0.15) is 35.6 Å². The molecule has 2 aromatic carbocycles. The zero-order valence-corrected chi connectivity index (χ0v) is 14.3. The second kappa shape index (κ2) is 6.81. The molecule has 0 aromatic heterocycles. The molecule has 1 unspecified atom stereocenters. The maximum absolute atomic E-state index is 5.92. The van der Waals surface area contributed by atoms with Crippen molar-refractivity contribution in [1.82, 2.24) is 5.32 Å². The molecule has 1 aliphatic carbocycles. The molecule has 120 valence electrons. The molecule has 0 spiro atoms. The van der Waals surface area contributed by atoms with E-state index in [0.717, 1.165) is 23.9 Å². The summed E-state index contributed by atoms with van der Waals surface area (Å²) in [4.78, 5) is 4.85. The summed E-state index contributed by atoms with van der Waals surface area (Å²) in [5, 5.41) is 7.60. The molecule has 0 saturated carbocycles. The molecule has 0 amide bonds. The molecule has 1 atom stereocenters. The van der Waals surface area contributed by atoms with Crippen LogP contribution in [0.25, 0.3) is 0 Å². The fourth-order valence-corrected chi connectivity index (χ4v) is 3.41. The fraction of sp³-hybridized carbons (Fsp3) is 0.278. The highest BCUT2D eigenvalue weighted by molar-refractivity contribution is 6.30. The minimum atomic E-state index is 0. The van der Waals surface area contributed by atoms with Gasteiger partial charge in [-0.3, -0.25) is 0 Å². The lowest BCUT2D eigenvalue weighted by Gasteiger charge is -2.31. The van der Waals surface area contributed by atoms with Crippen LogP contribution < -0.4 is 10.6 Å². The maximum atomic E-state index is 5.92. The molecule has 0 fully saturated rings. The standard InChI is InChI=1S/C18H18ClN3.ClH/c19-14-9-7-12(8-10-14)11-20-18-21-15-5-1-3-13-4-2-6-16(22-18)17(13)15;/h1,3,5,7-10,16H,2,4,6,11H2,(H2,20,21,22);1H. The maximum Gasteiger partial charge on any atom is 0.196 e. The number of guanidine groups is 1. The van der Waals surface area contributed by atoms with Gasteiger partial charge in [0.2, 0.25) is 0 Å². The number of benzene rings is 2. The van der Waals surface area contributed by atoms with Gasteiger partial charge in [-0.25, -0.2) is 4.99 Å². The number of rotatable bonds is 2. The first-order chi connectivity index (χ1) is 10.8. The number of aryl methyl sites for hydroxylation is 1. The smallest absolute Gasteiger partial charge is 0.196 e. The second-order valence-corrected chi connectivity index (χ2v) is 6.31. The highest BCUT2D eigenvalue weighted by Gasteiger charge is 2.26. The Hall–Kier alpha value is -1.71. The summed E-state index contributed by atoms with van der Waals surface area (Å²) in [5.74, 6) is 0.867. The van der Waals surface area contributed by atoms with Gasteiger partial charge >= 0.3 is 0 Å². The van der Waals surface area contributed by atoms with Gasteiger partial charge < -0.3 is 10.6 Å². The zero-order chi connectivity index (χ0) is 14.9. The lowest BCUT2D eigenvalue weighted by Crippen LogP contribution is -2.34. The predicted molar refractivity (Wildman–Crippen MR) is 98.7 cm³/mol. The van der Waals surface area contributed by atoms with Crippen molar-refractivity contribution in [3.8, 4) is 0 Å². The van der Waals surface area contributed by atoms with Crippen molar-refractivity contribution in [3.05, 3.63) is 64.2 Å². The summed E-state index contributed by atoms with van der Waals surface area (Å²) in [6, 6.07) is 14.7. The molecule has 1 heterocycles. The Labute approximate surface area is 147 Å². The Kier molecular flexibility index (Phi) is 4.79. The minimum absolute atomic E-state index is 0. The zero-order valence-electron chi connectivity index (χ0n) is 12.7. The SMILES string of the molecule is Cl.Clc1ccc(CNC2=NC3CCCc4cccc(c43)N2)cc1. The number of nitrogens with one attached hydrogen (secondary N) is 2. The Morgan fingerprint density at radius 2 is 2.00 bits per heavy atom. The van der Waals surface area contributed by atoms with E-state index in [1.807, 2.05) is 24.3 Å². The van der Waals surface area contributed by atoms with Crippen molar-refractivity contribution >= 4 is 35.7 Å². The molecule has 2 N–H and O–H groups in total. The van der Waals surface area contributed by atoms with Crippen molar-refractivity contribution in [2.24, 2.45) is 4.99 Å². The van der Waals surface area contributed by atoms with Crippen LogP contribution in [0.5, 0.6) is 0 Å². The lowest BCUT2D eigenvalue weighted by atomic mass is 9.86. The van der Waals surface area contributed by atoms with E-state index in [9.17, 15) is 0 Å². The van der Waals surface area contributed by atoms with E-state index in [1.54, 1.807) is 0 Å². The average molecular weight is 348 g/mol. The highest BCUT2D eigenvalue weighted by Crippen LogP contribution is 2.39. The first kappa shape index (κ1) is 16.2. The van der Waals surface area contributed by atoms with Crippen LogP contribution >= 0.6 is 24.0 Å². The van der Waals surface area contributed by atoms with Crippen LogP contribution in [0, 0.1) is 0 Å². The molecule has 0 radical (unpaired) electrons. The molecule has 23 heavy (non-hydrogen) atoms. The molecule has 0 saturated heterocycles. The number of hydrogen-bond donors (Lipinski definition) is 2. The third-order valence-corrected chi connectivity index (χ3v) is 4.62. The summed E-state index contributed by atoms with van der Waals surface area (Å²) < 4.78 is 0. The monoisotopic (exact) mass is 347 g/mol. The Morgan fingerprint density at radius 1 is 1.17 bits per heavy atom. The van der Waals surface area contributed by atoms with Gasteiger partial charge in [0.15, 0.2) is 5.96 Å². The van der Waals surface area contributed by atoms with Crippen LogP contribution in [0.15, 0.2) is 47.5 Å². The summed E-state index contributed by atoms with van der Waals surface area (Å²) in [6.07, 6.45) is 3.53. The van der Waals surface area contributed by atoms with Crippen molar-refractivity contribution in [2.45, 2.75) is 31.8 Å². The second-order valence-electron chi connectivity index (χ2n) is 5.87. The summed E-state index contributed by atoms with van der Waals surface area (Å²) in [7, 11) is 0. The number of aliphatic imine (C=N–C) groups is 1. The third kappa shape index (κ3) is 3.31. The van der Waals surface area contributed by atoms with Crippen molar-refractivity contribution in [3.63, 3.8) is 0 Å². The van der Waals surface area contributed by atoms with Gasteiger partial charge in [0, 0.05) is 22.8 Å². The molecule has 0 bridgehead atoms. The summed E-state index contributed by atoms with van der Waals surface area (Å²) >= 11 is 5.92. The van der Waals surface area contributed by atoms with E-state index in [4.69, 9.17) is 16.6 Å². The molecule has 1 aliphatic heterocycles. The highest BCUT2D eigenvalue weighted by atomic mass is 35.5. The molecule has 3 nitrogen and oxygen atoms in total. The van der Waals surface area contributed by atoms with Gasteiger partial charge in [0.25, 0.3) is 0 Å². The molecule has 2 aliphatic rings. The van der Waals surface area contributed by atoms with E-state index in [-0.39, 0.29) is 12.4 Å². The van der Waals surface area contributed by atoms with Gasteiger partial charge in [-0.2, -0.15) is 0 Å². The fourth-order valence-electron chi connectivity index (χ4n) is 3.29. The van der Waals surface area contributed by atoms with Gasteiger partial charge in [0.05, 0.1) is 6.04 Å². The number of nitrogens with zero attached hydrogens (tertiary/aromatic N) is 1. The van der Waals surface area contributed by atoms with Gasteiger partial charge in [-0.1, -0.05) is 35.9 Å². The molecule has 4 rings (SSSR count). The molecule has 2 aromatic rings. The van der Waals surface area contributed by atoms with E-state index >= 15 is 0 Å². The number of halogens is 2. The topological polar surface area (TPSA) is 36.4 Å². The quantitative estimate of drug-likeness (QED) is 0.825. The van der Waals surface area contributed by atoms with Crippen molar-refractivity contribution < 1.29 is 0 Å². The van der Waals surface area contributed by atoms with Crippen molar-refractivity contribution in [1.29, 1.82) is 0 Å². The molecular formula is C18H19Cl2N3. The minimum Gasteiger partial charge on any atom is -0.352 e. The van der Waals surface area contributed by atoms with Crippen LogP contribution in [0.3, 0.4) is 0 Å². The summed E-state index contributed by atoms with van der Waals surface area (Å²) in [5.41, 5.74) is 5.24. The third-order valence-electron chi connectivity index (χ3n) is 4.36. The average Bonchev–Trinajstić information content (AvgIpc) is 2.55. The Morgan fingerprint density at radius 3 is 2.83 bits per heavy atom. The van der Waals surface area contributed by atoms with Gasteiger partial charge in [-0.15, -0.1) is 12.4 Å². The first-order valence-corrected chi connectivity index (χ1v) is 8.12. The predicted octanol–water partition coefficient (Wildman–Crippen LogP) is 4.71. The van der Waals surface area contributed by atoms with Crippen molar-refractivity contribution in [2.75, 3.05) is 5.32 Å².